The Kier molecular flexibility index (Phi) is 4.36. The molecule has 2 aromatic carbocycles. The molecule has 0 spiro atoms. The maximum atomic E-state index is 13.2. The number of halogens is 3. The molecule has 0 radical (unpaired) electrons. The third-order valence-electron chi connectivity index (χ3n) is 4.03. The molecule has 2 aromatic rings. The first-order valence-corrected chi connectivity index (χ1v) is 8.33. The van der Waals surface area contributed by atoms with E-state index in [4.69, 9.17) is 11.6 Å². The van der Waals surface area contributed by atoms with Gasteiger partial charge in [0.15, 0.2) is 0 Å². The van der Waals surface area contributed by atoms with Gasteiger partial charge in [-0.25, -0.2) is 9.18 Å². The number of carbonyl (C=O) groups excluding carboxylic acids is 2. The molecule has 1 saturated heterocycles. The standard InChI is InChI=1S/C17H13BrClFN2O2/c1-17(12-4-2-3-5-13(12)18)15(23)22(16(24)21-17)9-10-6-7-11(20)8-14(10)19/h2-8H,9H2,1H3,(H,21,24). The van der Waals surface area contributed by atoms with Crippen molar-refractivity contribution >= 4 is 39.5 Å². The normalized spacial score (nSPS) is 20.4. The Balaban J connectivity index is 1.93. The van der Waals surface area contributed by atoms with Crippen LogP contribution in [0, 0.1) is 5.82 Å². The number of hydrogen-bond acceptors (Lipinski definition) is 2. The van der Waals surface area contributed by atoms with Crippen LogP contribution in [-0.4, -0.2) is 16.8 Å². The van der Waals surface area contributed by atoms with E-state index in [2.05, 4.69) is 21.2 Å². The number of nitrogens with one attached hydrogen (secondary N) is 1. The Hall–Kier alpha value is -1.92. The smallest absolute Gasteiger partial charge is 0.319 e. The average Bonchev–Trinajstić information content (AvgIpc) is 2.74. The number of amides is 3. The molecule has 3 rings (SSSR count). The largest absolute Gasteiger partial charge is 0.325 e. The Labute approximate surface area is 151 Å². The van der Waals surface area contributed by atoms with Crippen LogP contribution in [0.15, 0.2) is 46.9 Å². The van der Waals surface area contributed by atoms with E-state index in [1.807, 2.05) is 6.07 Å². The van der Waals surface area contributed by atoms with Crippen molar-refractivity contribution in [3.8, 4) is 0 Å². The topological polar surface area (TPSA) is 49.4 Å². The monoisotopic (exact) mass is 410 g/mol. The number of benzene rings is 2. The van der Waals surface area contributed by atoms with Crippen LogP contribution >= 0.6 is 27.5 Å². The van der Waals surface area contributed by atoms with Crippen molar-refractivity contribution in [3.63, 3.8) is 0 Å². The van der Waals surface area contributed by atoms with E-state index in [-0.39, 0.29) is 17.5 Å². The second-order valence-electron chi connectivity index (χ2n) is 5.66. The number of imide groups is 1. The van der Waals surface area contributed by atoms with Crippen molar-refractivity contribution in [3.05, 3.63) is 68.9 Å². The van der Waals surface area contributed by atoms with Gasteiger partial charge in [-0.15, -0.1) is 0 Å². The van der Waals surface area contributed by atoms with Crippen molar-refractivity contribution in [2.24, 2.45) is 0 Å². The van der Waals surface area contributed by atoms with Crippen LogP contribution in [0.3, 0.4) is 0 Å². The molecule has 1 N–H and O–H groups in total. The molecular formula is C17H13BrClFN2O2. The van der Waals surface area contributed by atoms with Crippen molar-refractivity contribution in [1.82, 2.24) is 10.2 Å². The molecule has 7 heteroatoms. The zero-order valence-corrected chi connectivity index (χ0v) is 15.0. The minimum atomic E-state index is -1.18. The molecule has 1 fully saturated rings. The molecule has 1 aliphatic heterocycles. The van der Waals surface area contributed by atoms with E-state index in [0.29, 0.717) is 11.1 Å². The highest BCUT2D eigenvalue weighted by molar-refractivity contribution is 9.10. The first-order chi connectivity index (χ1) is 11.3. The van der Waals surface area contributed by atoms with E-state index >= 15 is 0 Å². The van der Waals surface area contributed by atoms with Gasteiger partial charge in [-0.05, 0) is 30.7 Å². The Bertz CT molecular complexity index is 845. The summed E-state index contributed by atoms with van der Waals surface area (Å²) in [6.07, 6.45) is 0. The molecule has 1 heterocycles. The van der Waals surface area contributed by atoms with Crippen LogP contribution in [0.4, 0.5) is 9.18 Å². The fourth-order valence-corrected chi connectivity index (χ4v) is 3.62. The number of carbonyl (C=O) groups is 2. The van der Waals surface area contributed by atoms with Crippen LogP contribution in [-0.2, 0) is 16.9 Å². The minimum Gasteiger partial charge on any atom is -0.319 e. The molecule has 0 saturated carbocycles. The van der Waals surface area contributed by atoms with Crippen molar-refractivity contribution in [1.29, 1.82) is 0 Å². The van der Waals surface area contributed by atoms with Crippen LogP contribution < -0.4 is 5.32 Å². The fraction of sp³-hybridized carbons (Fsp3) is 0.176. The van der Waals surface area contributed by atoms with Gasteiger partial charge in [0, 0.05) is 15.1 Å². The van der Waals surface area contributed by atoms with Crippen LogP contribution in [0.25, 0.3) is 0 Å². The number of rotatable bonds is 3. The lowest BCUT2D eigenvalue weighted by molar-refractivity contribution is -0.131. The quantitative estimate of drug-likeness (QED) is 0.769. The van der Waals surface area contributed by atoms with Crippen LogP contribution in [0.5, 0.6) is 0 Å². The molecule has 124 valence electrons. The van der Waals surface area contributed by atoms with E-state index < -0.39 is 17.4 Å². The summed E-state index contributed by atoms with van der Waals surface area (Å²) < 4.78 is 13.9. The predicted molar refractivity (Wildman–Crippen MR) is 92.0 cm³/mol. The molecule has 0 aliphatic carbocycles. The molecule has 1 aliphatic rings. The van der Waals surface area contributed by atoms with E-state index in [9.17, 15) is 14.0 Å². The van der Waals surface area contributed by atoms with Gasteiger partial charge in [-0.2, -0.15) is 0 Å². The summed E-state index contributed by atoms with van der Waals surface area (Å²) >= 11 is 9.41. The predicted octanol–water partition coefficient (Wildman–Crippen LogP) is 4.21. The van der Waals surface area contributed by atoms with Gasteiger partial charge in [0.05, 0.1) is 6.54 Å². The highest BCUT2D eigenvalue weighted by atomic mass is 79.9. The number of hydrogen-bond donors (Lipinski definition) is 1. The lowest BCUT2D eigenvalue weighted by Crippen LogP contribution is -2.41. The third-order valence-corrected chi connectivity index (χ3v) is 5.07. The first-order valence-electron chi connectivity index (χ1n) is 7.16. The Morgan fingerprint density at radius 3 is 2.62 bits per heavy atom. The van der Waals surface area contributed by atoms with Gasteiger partial charge in [0.25, 0.3) is 5.91 Å². The molecule has 0 bridgehead atoms. The maximum absolute atomic E-state index is 13.2. The van der Waals surface area contributed by atoms with Gasteiger partial charge in [-0.3, -0.25) is 9.69 Å². The summed E-state index contributed by atoms with van der Waals surface area (Å²) in [6, 6.07) is 10.6. The molecule has 0 aromatic heterocycles. The maximum Gasteiger partial charge on any atom is 0.325 e. The summed E-state index contributed by atoms with van der Waals surface area (Å²) in [5.41, 5.74) is -0.0158. The zero-order valence-electron chi connectivity index (χ0n) is 12.6. The van der Waals surface area contributed by atoms with Crippen molar-refractivity contribution in [2.45, 2.75) is 19.0 Å². The fourth-order valence-electron chi connectivity index (χ4n) is 2.71. The average molecular weight is 412 g/mol. The van der Waals surface area contributed by atoms with Crippen LogP contribution in [0.1, 0.15) is 18.1 Å². The summed E-state index contributed by atoms with van der Waals surface area (Å²) in [6.45, 7) is 1.63. The molecular weight excluding hydrogens is 399 g/mol. The molecule has 4 nitrogen and oxygen atoms in total. The lowest BCUT2D eigenvalue weighted by Gasteiger charge is -2.23. The van der Waals surface area contributed by atoms with Crippen LogP contribution in [0.2, 0.25) is 5.02 Å². The van der Waals surface area contributed by atoms with Crippen molar-refractivity contribution in [2.75, 3.05) is 0 Å². The summed E-state index contributed by atoms with van der Waals surface area (Å²) in [5, 5.41) is 2.90. The highest BCUT2D eigenvalue weighted by Gasteiger charge is 2.49. The zero-order chi connectivity index (χ0) is 17.5. The van der Waals surface area contributed by atoms with Crippen molar-refractivity contribution < 1.29 is 14.0 Å². The SMILES string of the molecule is CC1(c2ccccc2Br)NC(=O)N(Cc2ccc(F)cc2Cl)C1=O. The highest BCUT2D eigenvalue weighted by Crippen LogP contribution is 2.34. The second kappa shape index (κ2) is 6.18. The van der Waals surface area contributed by atoms with Gasteiger partial charge in [0.2, 0.25) is 0 Å². The minimum absolute atomic E-state index is 0.0240. The molecule has 1 atom stereocenters. The summed E-state index contributed by atoms with van der Waals surface area (Å²) in [5.74, 6) is -0.862. The lowest BCUT2D eigenvalue weighted by atomic mass is 9.92. The number of nitrogens with zero attached hydrogens (tertiary/aromatic N) is 1. The Morgan fingerprint density at radius 1 is 1.25 bits per heavy atom. The first kappa shape index (κ1) is 16.9. The van der Waals surface area contributed by atoms with Gasteiger partial charge < -0.3 is 5.32 Å². The van der Waals surface area contributed by atoms with E-state index in [0.717, 1.165) is 15.4 Å². The molecule has 24 heavy (non-hydrogen) atoms. The Morgan fingerprint density at radius 2 is 1.96 bits per heavy atom. The molecule has 3 amide bonds. The number of urea groups is 1. The van der Waals surface area contributed by atoms with Gasteiger partial charge >= 0.3 is 6.03 Å². The van der Waals surface area contributed by atoms with E-state index in [1.54, 1.807) is 25.1 Å². The van der Waals surface area contributed by atoms with Gasteiger partial charge in [-0.1, -0.05) is 51.8 Å². The molecule has 1 unspecified atom stereocenters. The van der Waals surface area contributed by atoms with E-state index in [1.165, 1.54) is 12.1 Å². The second-order valence-corrected chi connectivity index (χ2v) is 6.92. The summed E-state index contributed by atoms with van der Waals surface area (Å²) in [4.78, 5) is 26.3. The third kappa shape index (κ3) is 2.80. The summed E-state index contributed by atoms with van der Waals surface area (Å²) in [7, 11) is 0. The van der Waals surface area contributed by atoms with Gasteiger partial charge in [0.1, 0.15) is 11.4 Å².